The van der Waals surface area contributed by atoms with Crippen molar-refractivity contribution in [1.29, 1.82) is 0 Å². The van der Waals surface area contributed by atoms with E-state index in [0.717, 1.165) is 91.0 Å². The zero-order valence-electron chi connectivity index (χ0n) is 24.4. The van der Waals surface area contributed by atoms with Gasteiger partial charge in [0.15, 0.2) is 5.82 Å². The number of anilines is 1. The number of ether oxygens (including phenoxy) is 1. The lowest BCUT2D eigenvalue weighted by Crippen LogP contribution is -2.44. The second-order valence-corrected chi connectivity index (χ2v) is 14.4. The van der Waals surface area contributed by atoms with Crippen LogP contribution in [0.2, 0.25) is 0 Å². The molecule has 1 aliphatic carbocycles. The van der Waals surface area contributed by atoms with Crippen molar-refractivity contribution < 1.29 is 14.2 Å². The summed E-state index contributed by atoms with van der Waals surface area (Å²) in [6.45, 7) is 4.37. The number of piperidine rings is 1. The van der Waals surface area contributed by atoms with E-state index in [4.69, 9.17) is 19.7 Å². The van der Waals surface area contributed by atoms with E-state index in [1.165, 1.54) is 12.8 Å². The van der Waals surface area contributed by atoms with Gasteiger partial charge < -0.3 is 14.7 Å². The van der Waals surface area contributed by atoms with Gasteiger partial charge in [-0.2, -0.15) is 9.97 Å². The Balaban J connectivity index is 1.24. The summed E-state index contributed by atoms with van der Waals surface area (Å²) >= 11 is 2.31. The van der Waals surface area contributed by atoms with Crippen LogP contribution < -0.4 is 9.64 Å². The van der Waals surface area contributed by atoms with Crippen molar-refractivity contribution in [2.45, 2.75) is 69.4 Å². The summed E-state index contributed by atoms with van der Waals surface area (Å²) in [7, 11) is 0. The van der Waals surface area contributed by atoms with Crippen LogP contribution in [-0.2, 0) is 0 Å². The molecule has 2 aromatic heterocycles. The van der Waals surface area contributed by atoms with Gasteiger partial charge in [0.25, 0.3) is 0 Å². The van der Waals surface area contributed by atoms with Gasteiger partial charge in [-0.15, -0.1) is 0 Å². The number of aromatic nitrogens is 3. The Labute approximate surface area is 265 Å². The smallest absolute Gasteiger partial charge is 0.319 e. The summed E-state index contributed by atoms with van der Waals surface area (Å²) in [6, 6.07) is 12.3. The Bertz CT molecular complexity index is 1700. The highest BCUT2D eigenvalue weighted by Crippen LogP contribution is 2.47. The molecule has 9 heteroatoms. The lowest BCUT2D eigenvalue weighted by atomic mass is 9.78. The lowest BCUT2D eigenvalue weighted by molar-refractivity contribution is 0.107. The molecule has 8 rings (SSSR count). The number of hydrogen-bond acceptors (Lipinski definition) is 7. The fraction of sp³-hybridized carbons (Fsp3) is 0.500. The fourth-order valence-corrected chi connectivity index (χ4v) is 9.41. The summed E-state index contributed by atoms with van der Waals surface area (Å²) in [5.74, 6) is 0.251. The third-order valence-electron chi connectivity index (χ3n) is 10.7. The molecule has 3 saturated heterocycles. The molecule has 224 valence electrons. The van der Waals surface area contributed by atoms with E-state index in [9.17, 15) is 5.11 Å². The van der Waals surface area contributed by atoms with E-state index < -0.39 is 5.82 Å². The number of fused-ring (bicyclic) bond motifs is 3. The molecular formula is C34H37FIN5O2. The molecule has 2 aromatic carbocycles. The minimum absolute atomic E-state index is 0.0369. The predicted molar refractivity (Wildman–Crippen MR) is 175 cm³/mol. The number of aliphatic hydroxyl groups excluding tert-OH is 1. The second kappa shape index (κ2) is 10.8. The number of benzene rings is 2. The van der Waals surface area contributed by atoms with Crippen LogP contribution in [0.1, 0.15) is 57.8 Å². The van der Waals surface area contributed by atoms with Gasteiger partial charge >= 0.3 is 6.01 Å². The Morgan fingerprint density at radius 3 is 2.58 bits per heavy atom. The van der Waals surface area contributed by atoms with Crippen molar-refractivity contribution in [3.63, 3.8) is 0 Å². The zero-order chi connectivity index (χ0) is 29.2. The van der Waals surface area contributed by atoms with Gasteiger partial charge in [0.2, 0.25) is 0 Å². The minimum atomic E-state index is -0.442. The summed E-state index contributed by atoms with van der Waals surface area (Å²) in [6.07, 6.45) is 10.9. The quantitative estimate of drug-likeness (QED) is 0.233. The van der Waals surface area contributed by atoms with Crippen molar-refractivity contribution >= 4 is 50.1 Å². The number of pyridine rings is 1. The Kier molecular flexibility index (Phi) is 6.98. The molecule has 2 atom stereocenters. The van der Waals surface area contributed by atoms with Crippen LogP contribution in [-0.4, -0.2) is 69.4 Å². The predicted octanol–water partition coefficient (Wildman–Crippen LogP) is 6.73. The second-order valence-electron chi connectivity index (χ2n) is 13.3. The highest BCUT2D eigenvalue weighted by atomic mass is 127. The molecule has 43 heavy (non-hydrogen) atoms. The Morgan fingerprint density at radius 2 is 1.79 bits per heavy atom. The maximum Gasteiger partial charge on any atom is 0.319 e. The largest absolute Gasteiger partial charge is 0.461 e. The molecule has 0 radical (unpaired) electrons. The van der Waals surface area contributed by atoms with Crippen LogP contribution in [0.25, 0.3) is 32.9 Å². The first-order valence-corrected chi connectivity index (χ1v) is 16.9. The van der Waals surface area contributed by atoms with Crippen molar-refractivity contribution in [2.24, 2.45) is 5.41 Å². The standard InChI is InChI=1S/C34H37FIN5O2/c35-28-29(24-8-1-6-22-7-2-9-26(36)27(22)24)37-19-25-30(28)38-32(43-21-34-12-4-16-41(34)17-5-13-34)39-31(25)40-15-3-11-33(20-40)14-10-23(42)18-33/h1-2,6-9,19,23,42H,3-5,10-18,20-21H2. The van der Waals surface area contributed by atoms with E-state index >= 15 is 4.39 Å². The summed E-state index contributed by atoms with van der Waals surface area (Å²) in [5, 5.41) is 13.1. The van der Waals surface area contributed by atoms with Gasteiger partial charge in [0, 0.05) is 33.8 Å². The van der Waals surface area contributed by atoms with Crippen LogP contribution in [0.5, 0.6) is 6.01 Å². The van der Waals surface area contributed by atoms with Gasteiger partial charge in [-0.25, -0.2) is 4.39 Å². The minimum Gasteiger partial charge on any atom is -0.461 e. The Hall–Kier alpha value is -2.63. The normalized spacial score (nSPS) is 25.3. The molecule has 3 aliphatic heterocycles. The molecule has 7 nitrogen and oxygen atoms in total. The molecular weight excluding hydrogens is 656 g/mol. The van der Waals surface area contributed by atoms with Gasteiger partial charge in [0.1, 0.15) is 23.6 Å². The first-order chi connectivity index (χ1) is 20.9. The van der Waals surface area contributed by atoms with Crippen molar-refractivity contribution in [3.05, 3.63) is 52.0 Å². The van der Waals surface area contributed by atoms with Crippen LogP contribution in [0.3, 0.4) is 0 Å². The van der Waals surface area contributed by atoms with Crippen LogP contribution in [0.15, 0.2) is 42.6 Å². The number of rotatable bonds is 5. The van der Waals surface area contributed by atoms with Crippen molar-refractivity contribution in [3.8, 4) is 17.3 Å². The zero-order valence-corrected chi connectivity index (χ0v) is 26.5. The summed E-state index contributed by atoms with van der Waals surface area (Å²) in [4.78, 5) is 19.3. The monoisotopic (exact) mass is 693 g/mol. The van der Waals surface area contributed by atoms with E-state index in [-0.39, 0.29) is 28.6 Å². The van der Waals surface area contributed by atoms with Gasteiger partial charge in [-0.3, -0.25) is 9.88 Å². The van der Waals surface area contributed by atoms with Gasteiger partial charge in [-0.05, 0) is 110 Å². The summed E-state index contributed by atoms with van der Waals surface area (Å²) < 4.78 is 24.3. The molecule has 1 spiro atoms. The maximum atomic E-state index is 16.8. The molecule has 1 saturated carbocycles. The highest BCUT2D eigenvalue weighted by molar-refractivity contribution is 14.1. The van der Waals surface area contributed by atoms with E-state index in [1.54, 1.807) is 6.20 Å². The number of aliphatic hydroxyl groups is 1. The average Bonchev–Trinajstić information content (AvgIpc) is 3.70. The van der Waals surface area contributed by atoms with Crippen LogP contribution in [0, 0.1) is 14.8 Å². The van der Waals surface area contributed by atoms with Crippen LogP contribution >= 0.6 is 22.6 Å². The Morgan fingerprint density at radius 1 is 1.00 bits per heavy atom. The number of hydrogen-bond donors (Lipinski definition) is 1. The first-order valence-electron chi connectivity index (χ1n) is 15.8. The number of halogens is 2. The van der Waals surface area contributed by atoms with Gasteiger partial charge in [0.05, 0.1) is 17.0 Å². The van der Waals surface area contributed by atoms with E-state index in [0.29, 0.717) is 23.5 Å². The molecule has 2 unspecified atom stereocenters. The van der Waals surface area contributed by atoms with Crippen molar-refractivity contribution in [1.82, 2.24) is 19.9 Å². The molecule has 4 aromatic rings. The highest BCUT2D eigenvalue weighted by Gasteiger charge is 2.45. The topological polar surface area (TPSA) is 74.6 Å². The fourth-order valence-electron chi connectivity index (χ4n) is 8.60. The van der Waals surface area contributed by atoms with Crippen LogP contribution in [0.4, 0.5) is 10.2 Å². The van der Waals surface area contributed by atoms with Crippen molar-refractivity contribution in [2.75, 3.05) is 37.7 Å². The maximum absolute atomic E-state index is 16.8. The third-order valence-corrected chi connectivity index (χ3v) is 11.6. The lowest BCUT2D eigenvalue weighted by Gasteiger charge is -2.41. The van der Waals surface area contributed by atoms with E-state index in [2.05, 4.69) is 32.4 Å². The number of nitrogens with zero attached hydrogens (tertiary/aromatic N) is 5. The van der Waals surface area contributed by atoms with Gasteiger partial charge in [-0.1, -0.05) is 30.3 Å². The molecule has 4 fully saturated rings. The molecule has 1 N–H and O–H groups in total. The molecule has 0 bridgehead atoms. The first kappa shape index (κ1) is 27.9. The summed E-state index contributed by atoms with van der Waals surface area (Å²) in [5.41, 5.74) is 1.41. The molecule has 4 aliphatic rings. The van der Waals surface area contributed by atoms with E-state index in [1.807, 2.05) is 36.4 Å². The molecule has 5 heterocycles. The third kappa shape index (κ3) is 4.77. The SMILES string of the molecule is OC1CCC2(CCCN(c3nc(OCC45CCCN4CCC5)nc4c(F)c(-c5cccc6cccc(I)c56)ncc34)C2)C1. The molecule has 0 amide bonds. The average molecular weight is 694 g/mol.